The fourth-order valence-corrected chi connectivity index (χ4v) is 4.46. The molecule has 3 aromatic carbocycles. The van der Waals surface area contributed by atoms with Gasteiger partial charge in [-0.3, -0.25) is 4.79 Å². The number of aliphatic hydroxyl groups excluding tert-OH is 2. The van der Waals surface area contributed by atoms with Crippen LogP contribution in [0, 0.1) is 5.92 Å². The molecule has 0 aromatic heterocycles. The summed E-state index contributed by atoms with van der Waals surface area (Å²) in [6.45, 7) is -0.230. The molecule has 0 spiro atoms. The monoisotopic (exact) mass is 478 g/mol. The molecule has 0 amide bonds. The van der Waals surface area contributed by atoms with Crippen LogP contribution in [-0.4, -0.2) is 35.5 Å². The van der Waals surface area contributed by atoms with Crippen LogP contribution in [-0.2, 0) is 30.7 Å². The fourth-order valence-electron chi connectivity index (χ4n) is 4.46. The van der Waals surface area contributed by atoms with E-state index in [4.69, 9.17) is 14.6 Å². The van der Waals surface area contributed by atoms with Gasteiger partial charge in [0.15, 0.2) is 0 Å². The van der Waals surface area contributed by atoms with Gasteiger partial charge in [-0.15, -0.1) is 0 Å². The molecule has 0 aliphatic carbocycles. The zero-order chi connectivity index (χ0) is 25.2. The lowest BCUT2D eigenvalue weighted by atomic mass is 9.85. The first-order chi connectivity index (χ1) is 16.9. The minimum absolute atomic E-state index is 0.0137. The van der Waals surface area contributed by atoms with E-state index >= 15 is 0 Å². The van der Waals surface area contributed by atoms with Crippen molar-refractivity contribution < 1.29 is 29.6 Å². The van der Waals surface area contributed by atoms with Gasteiger partial charge in [0.05, 0.1) is 38.9 Å². The highest BCUT2D eigenvalue weighted by molar-refractivity contribution is 5.70. The number of methoxy groups -OCH3 is 2. The van der Waals surface area contributed by atoms with Gasteiger partial charge in [0, 0.05) is 0 Å². The normalized spacial score (nSPS) is 12.7. The molecule has 35 heavy (non-hydrogen) atoms. The lowest BCUT2D eigenvalue weighted by molar-refractivity contribution is -0.136. The van der Waals surface area contributed by atoms with E-state index in [1.807, 2.05) is 42.5 Å². The molecule has 6 nitrogen and oxygen atoms in total. The van der Waals surface area contributed by atoms with Crippen molar-refractivity contribution in [1.82, 2.24) is 0 Å². The minimum atomic E-state index is -0.860. The summed E-state index contributed by atoms with van der Waals surface area (Å²) in [6, 6.07) is 21.3. The molecule has 0 heterocycles. The predicted molar refractivity (Wildman–Crippen MR) is 135 cm³/mol. The van der Waals surface area contributed by atoms with Gasteiger partial charge < -0.3 is 24.8 Å². The number of benzene rings is 3. The predicted octanol–water partition coefficient (Wildman–Crippen LogP) is 4.74. The number of hydrogen-bond donors (Lipinski definition) is 3. The number of carboxylic acid groups (broad SMARTS) is 1. The van der Waals surface area contributed by atoms with E-state index in [1.54, 1.807) is 12.1 Å². The second-order valence-corrected chi connectivity index (χ2v) is 8.74. The zero-order valence-corrected chi connectivity index (χ0v) is 20.3. The van der Waals surface area contributed by atoms with Crippen LogP contribution in [0.4, 0.5) is 0 Å². The van der Waals surface area contributed by atoms with E-state index in [1.165, 1.54) is 19.8 Å². The number of ether oxygens (including phenoxy) is 2. The van der Waals surface area contributed by atoms with E-state index in [2.05, 4.69) is 12.1 Å². The third-order valence-electron chi connectivity index (χ3n) is 6.34. The average Bonchev–Trinajstić information content (AvgIpc) is 2.88. The van der Waals surface area contributed by atoms with Crippen molar-refractivity contribution in [2.45, 2.75) is 44.8 Å². The number of hydrogen-bond acceptors (Lipinski definition) is 5. The standard InChI is InChI=1S/C29H34O6/c1-34-26-17-24(18-27(35-2)25(26)19-30)29(33)23(10-6-9-20-7-4-3-5-8-20)15-21-11-13-22(14-12-21)16-28(31)32/h3-5,7-8,11-14,17-18,23,29-30,33H,6,9-10,15-16,19H2,1-2H3,(H,31,32). The molecule has 0 radical (unpaired) electrons. The van der Waals surface area contributed by atoms with E-state index in [0.29, 0.717) is 29.0 Å². The third-order valence-corrected chi connectivity index (χ3v) is 6.34. The van der Waals surface area contributed by atoms with Crippen LogP contribution in [0.25, 0.3) is 0 Å². The van der Waals surface area contributed by atoms with Crippen LogP contribution >= 0.6 is 0 Å². The molecule has 0 fully saturated rings. The van der Waals surface area contributed by atoms with Crippen LogP contribution in [0.15, 0.2) is 66.7 Å². The van der Waals surface area contributed by atoms with Gasteiger partial charge >= 0.3 is 5.97 Å². The number of aliphatic carboxylic acids is 1. The molecule has 0 aliphatic rings. The van der Waals surface area contributed by atoms with Crippen LogP contribution < -0.4 is 9.47 Å². The van der Waals surface area contributed by atoms with E-state index < -0.39 is 12.1 Å². The Bertz CT molecular complexity index is 1050. The van der Waals surface area contributed by atoms with Gasteiger partial charge in [-0.05, 0) is 66.0 Å². The SMILES string of the molecule is COc1cc(C(O)C(CCCc2ccccc2)Cc2ccc(CC(=O)O)cc2)cc(OC)c1CO. The van der Waals surface area contributed by atoms with E-state index in [-0.39, 0.29) is 18.9 Å². The number of carboxylic acids is 1. The van der Waals surface area contributed by atoms with Crippen molar-refractivity contribution >= 4 is 5.97 Å². The molecule has 2 unspecified atom stereocenters. The summed E-state index contributed by atoms with van der Waals surface area (Å²) >= 11 is 0. The zero-order valence-electron chi connectivity index (χ0n) is 20.3. The van der Waals surface area contributed by atoms with Gasteiger partial charge in [-0.1, -0.05) is 54.6 Å². The van der Waals surface area contributed by atoms with Crippen LogP contribution in [0.3, 0.4) is 0 Å². The number of carbonyl (C=O) groups is 1. The molecule has 0 bridgehead atoms. The Labute approximate surface area is 206 Å². The van der Waals surface area contributed by atoms with Crippen LogP contribution in [0.5, 0.6) is 11.5 Å². The molecule has 0 saturated heterocycles. The maximum absolute atomic E-state index is 11.5. The summed E-state index contributed by atoms with van der Waals surface area (Å²) in [4.78, 5) is 11.0. The average molecular weight is 479 g/mol. The first-order valence-corrected chi connectivity index (χ1v) is 11.8. The highest BCUT2D eigenvalue weighted by atomic mass is 16.5. The highest BCUT2D eigenvalue weighted by Gasteiger charge is 2.24. The lowest BCUT2D eigenvalue weighted by Crippen LogP contribution is -2.17. The quantitative estimate of drug-likeness (QED) is 0.328. The molecular formula is C29H34O6. The summed E-state index contributed by atoms with van der Waals surface area (Å²) in [5.41, 5.74) is 4.25. The van der Waals surface area contributed by atoms with Crippen molar-refractivity contribution in [2.24, 2.45) is 5.92 Å². The fraction of sp³-hybridized carbons (Fsp3) is 0.345. The molecule has 6 heteroatoms. The smallest absolute Gasteiger partial charge is 0.307 e. The molecule has 3 rings (SSSR count). The molecule has 0 aliphatic heterocycles. The first-order valence-electron chi connectivity index (χ1n) is 11.8. The Hall–Kier alpha value is -3.35. The minimum Gasteiger partial charge on any atom is -0.496 e. The molecule has 3 aromatic rings. The molecule has 2 atom stereocenters. The lowest BCUT2D eigenvalue weighted by Gasteiger charge is -2.25. The van der Waals surface area contributed by atoms with Gasteiger partial charge in [0.25, 0.3) is 0 Å². The third kappa shape index (κ3) is 7.31. The van der Waals surface area contributed by atoms with E-state index in [9.17, 15) is 15.0 Å². The summed E-state index contributed by atoms with van der Waals surface area (Å²) in [5.74, 6) is 0.00326. The van der Waals surface area contributed by atoms with Crippen LogP contribution in [0.1, 0.15) is 46.8 Å². The highest BCUT2D eigenvalue weighted by Crippen LogP contribution is 2.37. The Balaban J connectivity index is 1.84. The van der Waals surface area contributed by atoms with Gasteiger partial charge in [-0.2, -0.15) is 0 Å². The van der Waals surface area contributed by atoms with E-state index in [0.717, 1.165) is 30.4 Å². The Morgan fingerprint density at radius 3 is 2.03 bits per heavy atom. The van der Waals surface area contributed by atoms with Crippen molar-refractivity contribution in [3.8, 4) is 11.5 Å². The number of aryl methyl sites for hydroxylation is 1. The largest absolute Gasteiger partial charge is 0.496 e. The van der Waals surface area contributed by atoms with Gasteiger partial charge in [0.2, 0.25) is 0 Å². The van der Waals surface area contributed by atoms with Crippen LogP contribution in [0.2, 0.25) is 0 Å². The molecular weight excluding hydrogens is 444 g/mol. The Morgan fingerprint density at radius 2 is 1.49 bits per heavy atom. The molecule has 186 valence electrons. The van der Waals surface area contributed by atoms with Crippen molar-refractivity contribution in [3.63, 3.8) is 0 Å². The van der Waals surface area contributed by atoms with Crippen molar-refractivity contribution in [3.05, 3.63) is 94.5 Å². The maximum Gasteiger partial charge on any atom is 0.307 e. The van der Waals surface area contributed by atoms with Crippen molar-refractivity contribution in [1.29, 1.82) is 0 Å². The second-order valence-electron chi connectivity index (χ2n) is 8.74. The number of rotatable bonds is 13. The van der Waals surface area contributed by atoms with Gasteiger partial charge in [-0.25, -0.2) is 0 Å². The number of aliphatic hydroxyl groups is 2. The molecule has 3 N–H and O–H groups in total. The summed E-state index contributed by atoms with van der Waals surface area (Å²) in [7, 11) is 3.06. The Kier molecular flexibility index (Phi) is 9.70. The summed E-state index contributed by atoms with van der Waals surface area (Å²) in [6.07, 6.45) is 2.46. The van der Waals surface area contributed by atoms with Crippen molar-refractivity contribution in [2.75, 3.05) is 14.2 Å². The Morgan fingerprint density at radius 1 is 0.886 bits per heavy atom. The van der Waals surface area contributed by atoms with Gasteiger partial charge in [0.1, 0.15) is 11.5 Å². The second kappa shape index (κ2) is 12.9. The summed E-state index contributed by atoms with van der Waals surface area (Å²) < 4.78 is 10.9. The topological polar surface area (TPSA) is 96.2 Å². The summed E-state index contributed by atoms with van der Waals surface area (Å²) in [5, 5.41) is 30.2. The molecule has 0 saturated carbocycles. The first kappa shape index (κ1) is 26.3. The maximum atomic E-state index is 11.5.